The topological polar surface area (TPSA) is 43.4 Å². The number of hydrogen-bond donors (Lipinski definition) is 0. The van der Waals surface area contributed by atoms with Crippen LogP contribution in [0.25, 0.3) is 0 Å². The van der Waals surface area contributed by atoms with Gasteiger partial charge < -0.3 is 14.8 Å². The minimum atomic E-state index is 0.0194. The first-order valence-corrected chi connectivity index (χ1v) is 7.79. The molecule has 19 heavy (non-hydrogen) atoms. The van der Waals surface area contributed by atoms with Crippen LogP contribution in [-0.2, 0) is 4.79 Å². The zero-order valence-corrected chi connectivity index (χ0v) is 11.4. The molecule has 4 rings (SSSR count). The molecule has 0 N–H and O–H groups in total. The first kappa shape index (κ1) is 11.9. The van der Waals surface area contributed by atoms with Crippen LogP contribution in [0.4, 0.5) is 0 Å². The van der Waals surface area contributed by atoms with E-state index in [1.54, 1.807) is 0 Å². The fourth-order valence-electron chi connectivity index (χ4n) is 4.92. The molecule has 1 amide bonds. The summed E-state index contributed by atoms with van der Waals surface area (Å²) in [5.74, 6) is 0.722. The van der Waals surface area contributed by atoms with E-state index in [0.717, 1.165) is 58.2 Å². The first-order chi connectivity index (χ1) is 9.19. The van der Waals surface area contributed by atoms with Gasteiger partial charge in [-0.2, -0.15) is 0 Å². The van der Waals surface area contributed by atoms with E-state index in [2.05, 4.69) is 0 Å². The number of nitrogens with zero attached hydrogens (tertiary/aromatic N) is 2. The number of amides is 1. The van der Waals surface area contributed by atoms with Crippen molar-refractivity contribution in [3.05, 3.63) is 16.5 Å². The van der Waals surface area contributed by atoms with Crippen LogP contribution in [-0.4, -0.2) is 41.1 Å². The van der Waals surface area contributed by atoms with Crippen LogP contribution in [0.15, 0.2) is 11.3 Å². The van der Waals surface area contributed by atoms with E-state index in [4.69, 9.17) is 0 Å². The highest BCUT2D eigenvalue weighted by Gasteiger charge is 2.49. The zero-order chi connectivity index (χ0) is 13.0. The highest BCUT2D eigenvalue weighted by Crippen LogP contribution is 2.46. The first-order valence-electron chi connectivity index (χ1n) is 7.79. The van der Waals surface area contributed by atoms with Crippen LogP contribution in [0, 0.1) is 11.1 Å². The van der Waals surface area contributed by atoms with Gasteiger partial charge in [0.15, 0.2) is 0 Å². The molecule has 0 bridgehead atoms. The van der Waals surface area contributed by atoms with Gasteiger partial charge in [0, 0.05) is 36.6 Å². The third-order valence-electron chi connectivity index (χ3n) is 5.62. The predicted octanol–water partition coefficient (Wildman–Crippen LogP) is 2.15. The summed E-state index contributed by atoms with van der Waals surface area (Å²) in [6, 6.07) is 0.194. The van der Waals surface area contributed by atoms with Crippen LogP contribution >= 0.6 is 0 Å². The van der Waals surface area contributed by atoms with Crippen molar-refractivity contribution in [2.75, 3.05) is 19.6 Å². The number of rotatable bonds is 0. The molecular weight excluding hydrogens is 240 g/mol. The van der Waals surface area contributed by atoms with E-state index >= 15 is 0 Å². The summed E-state index contributed by atoms with van der Waals surface area (Å²) in [5.41, 5.74) is 2.61. The second kappa shape index (κ2) is 4.06. The average molecular weight is 262 g/mol. The lowest BCUT2D eigenvalue weighted by atomic mass is 9.74. The van der Waals surface area contributed by atoms with Crippen LogP contribution in [0.3, 0.4) is 0 Å². The van der Waals surface area contributed by atoms with Crippen molar-refractivity contribution in [3.63, 3.8) is 0 Å². The fraction of sp³-hybridized carbons (Fsp3) is 0.800. The zero-order valence-electron chi connectivity index (χ0n) is 11.4. The number of hydroxylamine groups is 3. The van der Waals surface area contributed by atoms with E-state index in [9.17, 15) is 10.0 Å². The Kier molecular flexibility index (Phi) is 2.55. The van der Waals surface area contributed by atoms with Gasteiger partial charge >= 0.3 is 0 Å². The van der Waals surface area contributed by atoms with Crippen molar-refractivity contribution < 1.29 is 9.44 Å². The Morgan fingerprint density at radius 1 is 1.11 bits per heavy atom. The Bertz CT molecular complexity index is 455. The summed E-state index contributed by atoms with van der Waals surface area (Å²) in [7, 11) is 0. The molecule has 0 aromatic carbocycles. The molecule has 4 aliphatic rings. The SMILES string of the molecule is O=C1CCCC2=C3CCC[N+]4([O-])CCC[C@@H](CN12)[C@@H]34. The summed E-state index contributed by atoms with van der Waals surface area (Å²) in [5, 5.41) is 13.1. The Morgan fingerprint density at radius 3 is 2.84 bits per heavy atom. The monoisotopic (exact) mass is 262 g/mol. The molecule has 1 unspecified atom stereocenters. The molecule has 4 aliphatic heterocycles. The number of carbonyl (C=O) groups excluding carboxylic acids is 1. The summed E-state index contributed by atoms with van der Waals surface area (Å²) in [4.78, 5) is 14.2. The van der Waals surface area contributed by atoms with Gasteiger partial charge in [-0.1, -0.05) is 0 Å². The average Bonchev–Trinajstić information content (AvgIpc) is 2.40. The summed E-state index contributed by atoms with van der Waals surface area (Å²) >= 11 is 0. The number of carbonyl (C=O) groups is 1. The Morgan fingerprint density at radius 2 is 1.95 bits per heavy atom. The normalized spacial score (nSPS) is 41.9. The van der Waals surface area contributed by atoms with Crippen LogP contribution in [0.1, 0.15) is 44.9 Å². The molecule has 104 valence electrons. The second-order valence-electron chi connectivity index (χ2n) is 6.68. The maximum Gasteiger partial charge on any atom is 0.226 e. The van der Waals surface area contributed by atoms with Gasteiger partial charge in [-0.25, -0.2) is 0 Å². The molecule has 0 saturated carbocycles. The minimum Gasteiger partial charge on any atom is -0.632 e. The lowest BCUT2D eigenvalue weighted by molar-refractivity contribution is -0.913. The Balaban J connectivity index is 1.81. The van der Waals surface area contributed by atoms with Crippen LogP contribution < -0.4 is 0 Å². The highest BCUT2D eigenvalue weighted by molar-refractivity contribution is 5.79. The third-order valence-corrected chi connectivity index (χ3v) is 5.62. The Hall–Kier alpha value is -0.870. The van der Waals surface area contributed by atoms with Gasteiger partial charge in [0.05, 0.1) is 13.1 Å². The van der Waals surface area contributed by atoms with Gasteiger partial charge in [-0.15, -0.1) is 0 Å². The van der Waals surface area contributed by atoms with Gasteiger partial charge in [0.1, 0.15) is 6.04 Å². The Labute approximate surface area is 114 Å². The van der Waals surface area contributed by atoms with E-state index in [1.165, 1.54) is 11.3 Å². The number of allylic oxidation sites excluding steroid dienone is 1. The van der Waals surface area contributed by atoms with Gasteiger partial charge in [0.2, 0.25) is 5.91 Å². The second-order valence-corrected chi connectivity index (χ2v) is 6.68. The molecule has 3 saturated heterocycles. The van der Waals surface area contributed by atoms with Crippen molar-refractivity contribution in [3.8, 4) is 0 Å². The molecule has 4 nitrogen and oxygen atoms in total. The highest BCUT2D eigenvalue weighted by atomic mass is 16.5. The maximum atomic E-state index is 13.1. The molecule has 4 heteroatoms. The van der Waals surface area contributed by atoms with Crippen molar-refractivity contribution in [2.45, 2.75) is 51.0 Å². The molecule has 3 fully saturated rings. The van der Waals surface area contributed by atoms with Gasteiger partial charge in [-0.3, -0.25) is 4.79 Å². The molecule has 0 aromatic rings. The number of quaternary nitrogens is 1. The lowest BCUT2D eigenvalue weighted by Crippen LogP contribution is -2.64. The summed E-state index contributed by atoms with van der Waals surface area (Å²) < 4.78 is 0.0194. The number of fused-ring (bicyclic) bond motifs is 1. The third kappa shape index (κ3) is 1.62. The molecule has 0 radical (unpaired) electrons. The van der Waals surface area contributed by atoms with Crippen molar-refractivity contribution >= 4 is 5.91 Å². The van der Waals surface area contributed by atoms with E-state index in [1.807, 2.05) is 4.90 Å². The maximum absolute atomic E-state index is 13.1. The van der Waals surface area contributed by atoms with E-state index < -0.39 is 0 Å². The summed E-state index contributed by atoms with van der Waals surface area (Å²) in [6.45, 7) is 2.42. The largest absolute Gasteiger partial charge is 0.632 e. The van der Waals surface area contributed by atoms with Gasteiger partial charge in [0.25, 0.3) is 0 Å². The lowest BCUT2D eigenvalue weighted by Gasteiger charge is -2.60. The van der Waals surface area contributed by atoms with Crippen LogP contribution in [0.5, 0.6) is 0 Å². The van der Waals surface area contributed by atoms with Crippen LogP contribution in [0.2, 0.25) is 0 Å². The van der Waals surface area contributed by atoms with E-state index in [0.29, 0.717) is 18.2 Å². The molecule has 4 heterocycles. The fourth-order valence-corrected chi connectivity index (χ4v) is 4.92. The van der Waals surface area contributed by atoms with Gasteiger partial charge in [-0.05, 0) is 32.1 Å². The molecule has 0 spiro atoms. The van der Waals surface area contributed by atoms with Crippen molar-refractivity contribution in [1.29, 1.82) is 0 Å². The molecular formula is C15H22N2O2. The minimum absolute atomic E-state index is 0.0194. The summed E-state index contributed by atoms with van der Waals surface area (Å²) in [6.07, 6.45) is 6.93. The van der Waals surface area contributed by atoms with Crippen molar-refractivity contribution in [1.82, 2.24) is 4.90 Å². The van der Waals surface area contributed by atoms with Crippen molar-refractivity contribution in [2.24, 2.45) is 5.92 Å². The number of hydrogen-bond acceptors (Lipinski definition) is 2. The molecule has 0 aliphatic carbocycles. The predicted molar refractivity (Wildman–Crippen MR) is 71.7 cm³/mol. The van der Waals surface area contributed by atoms with E-state index in [-0.39, 0.29) is 10.7 Å². The molecule has 3 atom stereocenters. The quantitative estimate of drug-likeness (QED) is 0.496. The smallest absolute Gasteiger partial charge is 0.226 e. The standard InChI is InChI=1S/C15H22N2O2/c18-14-7-1-6-13-12-5-3-9-17(19)8-2-4-11(15(12)17)10-16(13)14/h11,15H,1-10H2/t11-,15-,17?/m0/s1. The number of piperidine rings is 3. The molecule has 0 aromatic heterocycles.